The van der Waals surface area contributed by atoms with Crippen LogP contribution in [0.2, 0.25) is 0 Å². The van der Waals surface area contributed by atoms with Gasteiger partial charge in [0.2, 0.25) is 0 Å². The van der Waals surface area contributed by atoms with Crippen molar-refractivity contribution in [3.8, 4) is 5.75 Å². The molecule has 0 atom stereocenters. The molecule has 3 rings (SSSR count). The monoisotopic (exact) mass is 316 g/mol. The SMILES string of the molecule is c1ccc(CCCCOc2ccc(Cc3ccccc3)cc2)cc1. The molecule has 122 valence electrons. The van der Waals surface area contributed by atoms with Crippen molar-refractivity contribution in [3.05, 3.63) is 102 Å². The van der Waals surface area contributed by atoms with E-state index in [1.54, 1.807) is 0 Å². The molecule has 3 aromatic carbocycles. The Morgan fingerprint density at radius 3 is 1.79 bits per heavy atom. The summed E-state index contributed by atoms with van der Waals surface area (Å²) in [5.74, 6) is 0.964. The van der Waals surface area contributed by atoms with Crippen molar-refractivity contribution in [1.82, 2.24) is 0 Å². The first-order chi connectivity index (χ1) is 11.9. The molecule has 0 heterocycles. The van der Waals surface area contributed by atoms with Gasteiger partial charge in [0.1, 0.15) is 5.75 Å². The number of hydrogen-bond donors (Lipinski definition) is 0. The standard InChI is InChI=1S/C23H24O/c1-3-9-20(10-4-1)11-7-8-18-24-23-16-14-22(15-17-23)19-21-12-5-2-6-13-21/h1-6,9-10,12-17H,7-8,11,18-19H2. The van der Waals surface area contributed by atoms with Crippen molar-refractivity contribution in [2.75, 3.05) is 6.61 Å². The Morgan fingerprint density at radius 2 is 1.12 bits per heavy atom. The van der Waals surface area contributed by atoms with Gasteiger partial charge in [0, 0.05) is 0 Å². The summed E-state index contributed by atoms with van der Waals surface area (Å²) in [6, 6.07) is 29.7. The molecule has 0 amide bonds. The van der Waals surface area contributed by atoms with E-state index in [-0.39, 0.29) is 0 Å². The third-order valence-corrected chi connectivity index (χ3v) is 4.15. The van der Waals surface area contributed by atoms with E-state index in [1.807, 2.05) is 0 Å². The van der Waals surface area contributed by atoms with Gasteiger partial charge in [-0.15, -0.1) is 0 Å². The van der Waals surface area contributed by atoms with Gasteiger partial charge in [0.25, 0.3) is 0 Å². The van der Waals surface area contributed by atoms with Gasteiger partial charge in [-0.2, -0.15) is 0 Å². The van der Waals surface area contributed by atoms with Crippen molar-refractivity contribution in [3.63, 3.8) is 0 Å². The lowest BCUT2D eigenvalue weighted by Crippen LogP contribution is -1.98. The molecule has 0 saturated heterocycles. The molecule has 0 aliphatic heterocycles. The maximum Gasteiger partial charge on any atom is 0.119 e. The van der Waals surface area contributed by atoms with Crippen LogP contribution >= 0.6 is 0 Å². The number of ether oxygens (including phenoxy) is 1. The molecular weight excluding hydrogens is 292 g/mol. The van der Waals surface area contributed by atoms with Crippen LogP contribution in [-0.2, 0) is 12.8 Å². The number of benzene rings is 3. The van der Waals surface area contributed by atoms with E-state index >= 15 is 0 Å². The second-order valence-corrected chi connectivity index (χ2v) is 6.10. The van der Waals surface area contributed by atoms with Gasteiger partial charge in [0.15, 0.2) is 0 Å². The third kappa shape index (κ3) is 5.27. The molecule has 0 N–H and O–H groups in total. The van der Waals surface area contributed by atoms with E-state index in [4.69, 9.17) is 4.74 Å². The summed E-state index contributed by atoms with van der Waals surface area (Å²) in [7, 11) is 0. The van der Waals surface area contributed by atoms with Gasteiger partial charge in [-0.05, 0) is 54.5 Å². The molecule has 0 saturated carbocycles. The highest BCUT2D eigenvalue weighted by atomic mass is 16.5. The number of unbranched alkanes of at least 4 members (excludes halogenated alkanes) is 1. The minimum absolute atomic E-state index is 0.783. The lowest BCUT2D eigenvalue weighted by atomic mass is 10.1. The Labute approximate surface area is 144 Å². The number of hydrogen-bond acceptors (Lipinski definition) is 1. The maximum atomic E-state index is 5.85. The van der Waals surface area contributed by atoms with E-state index < -0.39 is 0 Å². The Kier molecular flexibility index (Phi) is 6.07. The molecule has 0 aliphatic rings. The molecule has 0 bridgehead atoms. The Bertz CT molecular complexity index is 702. The van der Waals surface area contributed by atoms with Crippen LogP contribution < -0.4 is 4.74 Å². The first kappa shape index (κ1) is 16.3. The summed E-state index contributed by atoms with van der Waals surface area (Å²) in [5.41, 5.74) is 4.06. The fourth-order valence-electron chi connectivity index (χ4n) is 2.80. The summed E-state index contributed by atoms with van der Waals surface area (Å²) in [5, 5.41) is 0. The fourth-order valence-corrected chi connectivity index (χ4v) is 2.80. The molecule has 1 nitrogen and oxygen atoms in total. The first-order valence-corrected chi connectivity index (χ1v) is 8.70. The van der Waals surface area contributed by atoms with E-state index in [9.17, 15) is 0 Å². The minimum atomic E-state index is 0.783. The fraction of sp³-hybridized carbons (Fsp3) is 0.217. The predicted octanol–water partition coefficient (Wildman–Crippen LogP) is 5.68. The van der Waals surface area contributed by atoms with Crippen LogP contribution in [0.5, 0.6) is 5.75 Å². The minimum Gasteiger partial charge on any atom is -0.494 e. The van der Waals surface area contributed by atoms with Gasteiger partial charge in [-0.1, -0.05) is 72.8 Å². The molecule has 0 unspecified atom stereocenters. The van der Waals surface area contributed by atoms with Crippen molar-refractivity contribution < 1.29 is 4.74 Å². The molecule has 0 aromatic heterocycles. The largest absolute Gasteiger partial charge is 0.494 e. The van der Waals surface area contributed by atoms with Crippen molar-refractivity contribution >= 4 is 0 Å². The van der Waals surface area contributed by atoms with Gasteiger partial charge in [0.05, 0.1) is 6.61 Å². The van der Waals surface area contributed by atoms with Crippen LogP contribution in [0.25, 0.3) is 0 Å². The highest BCUT2D eigenvalue weighted by Crippen LogP contribution is 2.16. The molecule has 0 spiro atoms. The van der Waals surface area contributed by atoms with Crippen LogP contribution in [0, 0.1) is 0 Å². The average Bonchev–Trinajstić information content (AvgIpc) is 2.65. The number of aryl methyl sites for hydroxylation is 1. The topological polar surface area (TPSA) is 9.23 Å². The molecule has 3 aromatic rings. The smallest absolute Gasteiger partial charge is 0.119 e. The molecule has 0 fully saturated rings. The van der Waals surface area contributed by atoms with Gasteiger partial charge in [-0.3, -0.25) is 0 Å². The lowest BCUT2D eigenvalue weighted by molar-refractivity contribution is 0.307. The van der Waals surface area contributed by atoms with Gasteiger partial charge in [-0.25, -0.2) is 0 Å². The van der Waals surface area contributed by atoms with Crippen LogP contribution in [-0.4, -0.2) is 6.61 Å². The average molecular weight is 316 g/mol. The molecule has 1 heteroatoms. The summed E-state index contributed by atoms with van der Waals surface area (Å²) >= 11 is 0. The Hall–Kier alpha value is -2.54. The van der Waals surface area contributed by atoms with Crippen LogP contribution in [0.1, 0.15) is 29.5 Å². The molecule has 0 aliphatic carbocycles. The first-order valence-electron chi connectivity index (χ1n) is 8.70. The predicted molar refractivity (Wildman–Crippen MR) is 101 cm³/mol. The zero-order valence-electron chi connectivity index (χ0n) is 14.0. The molecule has 0 radical (unpaired) electrons. The van der Waals surface area contributed by atoms with Crippen LogP contribution in [0.15, 0.2) is 84.9 Å². The normalized spacial score (nSPS) is 10.5. The van der Waals surface area contributed by atoms with E-state index in [0.717, 1.165) is 38.0 Å². The van der Waals surface area contributed by atoms with Gasteiger partial charge < -0.3 is 4.74 Å². The Morgan fingerprint density at radius 1 is 0.542 bits per heavy atom. The van der Waals surface area contributed by atoms with E-state index in [1.165, 1.54) is 16.7 Å². The highest BCUT2D eigenvalue weighted by Gasteiger charge is 1.98. The lowest BCUT2D eigenvalue weighted by Gasteiger charge is -2.08. The maximum absolute atomic E-state index is 5.85. The second kappa shape index (κ2) is 8.93. The van der Waals surface area contributed by atoms with Crippen molar-refractivity contribution in [2.24, 2.45) is 0 Å². The Balaban J connectivity index is 1.38. The highest BCUT2D eigenvalue weighted by molar-refractivity contribution is 5.31. The summed E-state index contributed by atoms with van der Waals surface area (Å²) in [6.45, 7) is 0.783. The zero-order valence-corrected chi connectivity index (χ0v) is 14.0. The van der Waals surface area contributed by atoms with Crippen molar-refractivity contribution in [2.45, 2.75) is 25.7 Å². The summed E-state index contributed by atoms with van der Waals surface area (Å²) in [6.07, 6.45) is 4.34. The third-order valence-electron chi connectivity index (χ3n) is 4.15. The van der Waals surface area contributed by atoms with Crippen molar-refractivity contribution in [1.29, 1.82) is 0 Å². The summed E-state index contributed by atoms with van der Waals surface area (Å²) in [4.78, 5) is 0. The number of rotatable bonds is 8. The van der Waals surface area contributed by atoms with E-state index in [2.05, 4.69) is 84.9 Å². The van der Waals surface area contributed by atoms with E-state index in [0.29, 0.717) is 0 Å². The second-order valence-electron chi connectivity index (χ2n) is 6.10. The quantitative estimate of drug-likeness (QED) is 0.486. The van der Waals surface area contributed by atoms with Crippen LogP contribution in [0.3, 0.4) is 0 Å². The molecule has 24 heavy (non-hydrogen) atoms. The molecular formula is C23H24O. The van der Waals surface area contributed by atoms with Gasteiger partial charge >= 0.3 is 0 Å². The van der Waals surface area contributed by atoms with Crippen LogP contribution in [0.4, 0.5) is 0 Å². The zero-order chi connectivity index (χ0) is 16.5. The summed E-state index contributed by atoms with van der Waals surface area (Å²) < 4.78 is 5.85.